The summed E-state index contributed by atoms with van der Waals surface area (Å²) in [6.45, 7) is 4.24. The molecular formula is C27H24N2. The Labute approximate surface area is 171 Å². The molecule has 0 saturated heterocycles. The summed E-state index contributed by atoms with van der Waals surface area (Å²) in [5, 5.41) is 2.35. The fourth-order valence-electron chi connectivity index (χ4n) is 4.25. The molecule has 0 spiro atoms. The van der Waals surface area contributed by atoms with Gasteiger partial charge in [0, 0.05) is 22.2 Å². The molecule has 0 saturated carbocycles. The third-order valence-electron chi connectivity index (χ3n) is 5.69. The van der Waals surface area contributed by atoms with Gasteiger partial charge in [0.25, 0.3) is 0 Å². The van der Waals surface area contributed by atoms with Gasteiger partial charge in [-0.2, -0.15) is 0 Å². The number of pyridine rings is 2. The van der Waals surface area contributed by atoms with E-state index in [9.17, 15) is 0 Å². The summed E-state index contributed by atoms with van der Waals surface area (Å²) in [6.07, 6.45) is 9.96. The number of aryl methyl sites for hydroxylation is 2. The fourth-order valence-corrected chi connectivity index (χ4v) is 4.25. The maximum Gasteiger partial charge on any atom is 0.0974 e. The first-order valence-electron chi connectivity index (χ1n) is 10.4. The number of rotatable bonds is 3. The molecule has 1 aliphatic rings. The third-order valence-corrected chi connectivity index (χ3v) is 5.69. The standard InChI is InChI=1S/C27H24N2/c1-3-21-17-25(20-12-8-5-9-13-20)23-15-14-22-24(19-10-6-4-7-11-19)16-18(2)28-26(22)27(23)29-21/h5-6,8-17H,3-4,7H2,1-2H3. The predicted octanol–water partition coefficient (Wildman–Crippen LogP) is 7.05. The van der Waals surface area contributed by atoms with Crippen LogP contribution in [-0.2, 0) is 6.42 Å². The van der Waals surface area contributed by atoms with Crippen molar-refractivity contribution in [2.24, 2.45) is 0 Å². The third kappa shape index (κ3) is 3.15. The highest BCUT2D eigenvalue weighted by Crippen LogP contribution is 2.36. The lowest BCUT2D eigenvalue weighted by molar-refractivity contribution is 1.04. The van der Waals surface area contributed by atoms with Crippen LogP contribution in [0.25, 0.3) is 38.5 Å². The number of nitrogens with zero attached hydrogens (tertiary/aromatic N) is 2. The van der Waals surface area contributed by atoms with Gasteiger partial charge >= 0.3 is 0 Å². The van der Waals surface area contributed by atoms with Gasteiger partial charge < -0.3 is 0 Å². The van der Waals surface area contributed by atoms with Crippen molar-refractivity contribution >= 4 is 27.4 Å². The Balaban J connectivity index is 1.86. The van der Waals surface area contributed by atoms with Crippen LogP contribution < -0.4 is 0 Å². The molecule has 0 aliphatic heterocycles. The Bertz CT molecular complexity index is 1280. The van der Waals surface area contributed by atoms with Gasteiger partial charge in [0.2, 0.25) is 0 Å². The summed E-state index contributed by atoms with van der Waals surface area (Å²) in [7, 11) is 0. The van der Waals surface area contributed by atoms with Gasteiger partial charge in [0.1, 0.15) is 0 Å². The average molecular weight is 377 g/mol. The Kier molecular flexibility index (Phi) is 4.48. The molecule has 142 valence electrons. The molecule has 5 rings (SSSR count). The van der Waals surface area contributed by atoms with E-state index in [4.69, 9.17) is 9.97 Å². The second-order valence-electron chi connectivity index (χ2n) is 7.69. The summed E-state index contributed by atoms with van der Waals surface area (Å²) in [6, 6.07) is 19.5. The zero-order valence-electron chi connectivity index (χ0n) is 16.9. The van der Waals surface area contributed by atoms with Crippen molar-refractivity contribution < 1.29 is 0 Å². The lowest BCUT2D eigenvalue weighted by Gasteiger charge is -2.15. The van der Waals surface area contributed by atoms with Gasteiger partial charge in [-0.05, 0) is 60.6 Å². The number of aromatic nitrogens is 2. The smallest absolute Gasteiger partial charge is 0.0974 e. The monoisotopic (exact) mass is 376 g/mol. The normalized spacial score (nSPS) is 13.8. The van der Waals surface area contributed by atoms with E-state index < -0.39 is 0 Å². The first-order valence-corrected chi connectivity index (χ1v) is 10.4. The molecule has 0 atom stereocenters. The predicted molar refractivity (Wildman–Crippen MR) is 123 cm³/mol. The minimum atomic E-state index is 0.902. The quantitative estimate of drug-likeness (QED) is 0.358. The number of hydrogen-bond acceptors (Lipinski definition) is 2. The summed E-state index contributed by atoms with van der Waals surface area (Å²) >= 11 is 0. The largest absolute Gasteiger partial charge is 0.251 e. The van der Waals surface area contributed by atoms with E-state index >= 15 is 0 Å². The van der Waals surface area contributed by atoms with E-state index in [2.05, 4.69) is 86.7 Å². The van der Waals surface area contributed by atoms with Gasteiger partial charge in [0.15, 0.2) is 0 Å². The van der Waals surface area contributed by atoms with Crippen LogP contribution in [0, 0.1) is 6.92 Å². The van der Waals surface area contributed by atoms with E-state index in [1.54, 1.807) is 0 Å². The Morgan fingerprint density at radius 1 is 0.828 bits per heavy atom. The molecule has 0 unspecified atom stereocenters. The lowest BCUT2D eigenvalue weighted by Crippen LogP contribution is -1.97. The molecule has 0 bridgehead atoms. The minimum absolute atomic E-state index is 0.902. The van der Waals surface area contributed by atoms with Crippen LogP contribution in [0.2, 0.25) is 0 Å². The fraction of sp³-hybridized carbons (Fsp3) is 0.185. The molecule has 29 heavy (non-hydrogen) atoms. The average Bonchev–Trinajstić information content (AvgIpc) is 2.78. The van der Waals surface area contributed by atoms with Crippen molar-refractivity contribution in [3.05, 3.63) is 89.8 Å². The minimum Gasteiger partial charge on any atom is -0.251 e. The van der Waals surface area contributed by atoms with Crippen LogP contribution >= 0.6 is 0 Å². The number of hydrogen-bond donors (Lipinski definition) is 0. The summed E-state index contributed by atoms with van der Waals surface area (Å²) in [5.74, 6) is 0. The Morgan fingerprint density at radius 2 is 1.59 bits per heavy atom. The molecular weight excluding hydrogens is 352 g/mol. The molecule has 0 amide bonds. The number of benzene rings is 2. The van der Waals surface area contributed by atoms with Crippen molar-refractivity contribution in [1.29, 1.82) is 0 Å². The van der Waals surface area contributed by atoms with Crippen molar-refractivity contribution in [2.45, 2.75) is 33.1 Å². The van der Waals surface area contributed by atoms with E-state index in [-0.39, 0.29) is 0 Å². The van der Waals surface area contributed by atoms with Gasteiger partial charge in [-0.25, -0.2) is 0 Å². The van der Waals surface area contributed by atoms with Crippen molar-refractivity contribution in [2.75, 3.05) is 0 Å². The van der Waals surface area contributed by atoms with Crippen LogP contribution in [0.4, 0.5) is 0 Å². The maximum absolute atomic E-state index is 5.04. The van der Waals surface area contributed by atoms with Crippen LogP contribution in [0.1, 0.15) is 36.7 Å². The summed E-state index contributed by atoms with van der Waals surface area (Å²) in [5.41, 5.74) is 9.15. The van der Waals surface area contributed by atoms with Crippen LogP contribution in [0.15, 0.2) is 72.8 Å². The maximum atomic E-state index is 5.04. The molecule has 2 heterocycles. The lowest BCUT2D eigenvalue weighted by atomic mass is 9.93. The van der Waals surface area contributed by atoms with Gasteiger partial charge in [-0.3, -0.25) is 9.97 Å². The topological polar surface area (TPSA) is 25.8 Å². The first kappa shape index (κ1) is 17.8. The van der Waals surface area contributed by atoms with Gasteiger partial charge in [-0.15, -0.1) is 0 Å². The van der Waals surface area contributed by atoms with Crippen molar-refractivity contribution in [1.82, 2.24) is 9.97 Å². The highest BCUT2D eigenvalue weighted by molar-refractivity contribution is 6.11. The second kappa shape index (κ2) is 7.29. The molecule has 2 nitrogen and oxygen atoms in total. The molecule has 2 heteroatoms. The number of fused-ring (bicyclic) bond motifs is 3. The molecule has 4 aromatic rings. The van der Waals surface area contributed by atoms with Crippen molar-refractivity contribution in [3.8, 4) is 11.1 Å². The van der Waals surface area contributed by atoms with Crippen LogP contribution in [0.3, 0.4) is 0 Å². The molecule has 1 aliphatic carbocycles. The second-order valence-corrected chi connectivity index (χ2v) is 7.69. The van der Waals surface area contributed by atoms with E-state index in [0.29, 0.717) is 0 Å². The molecule has 2 aromatic heterocycles. The zero-order chi connectivity index (χ0) is 19.8. The van der Waals surface area contributed by atoms with Gasteiger partial charge in [0.05, 0.1) is 11.0 Å². The summed E-state index contributed by atoms with van der Waals surface area (Å²) < 4.78 is 0. The SMILES string of the molecule is CCc1cc(-c2ccccc2)c2ccc3c(C4=CCCC=C4)cc(C)nc3c2n1. The highest BCUT2D eigenvalue weighted by Gasteiger charge is 2.15. The zero-order valence-corrected chi connectivity index (χ0v) is 16.9. The molecule has 0 fully saturated rings. The molecule has 2 aromatic carbocycles. The number of allylic oxidation sites excluding steroid dienone is 4. The summed E-state index contributed by atoms with van der Waals surface area (Å²) in [4.78, 5) is 9.99. The first-order chi connectivity index (χ1) is 14.2. The molecule has 0 radical (unpaired) electrons. The Hall–Kier alpha value is -3.26. The van der Waals surface area contributed by atoms with Crippen molar-refractivity contribution in [3.63, 3.8) is 0 Å². The highest BCUT2D eigenvalue weighted by atomic mass is 14.8. The van der Waals surface area contributed by atoms with Crippen LogP contribution in [-0.4, -0.2) is 9.97 Å². The van der Waals surface area contributed by atoms with Gasteiger partial charge in [-0.1, -0.05) is 67.6 Å². The Morgan fingerprint density at radius 3 is 2.31 bits per heavy atom. The molecule has 0 N–H and O–H groups in total. The van der Waals surface area contributed by atoms with Crippen LogP contribution in [0.5, 0.6) is 0 Å². The van der Waals surface area contributed by atoms with E-state index in [0.717, 1.165) is 47.1 Å². The van der Waals surface area contributed by atoms with E-state index in [1.807, 2.05) is 0 Å². The van der Waals surface area contributed by atoms with E-state index in [1.165, 1.54) is 27.6 Å².